The fraction of sp³-hybridized carbons (Fsp3) is 0.500. The SMILES string of the molecule is CC(N[C@H](CO)C(C)C)c1nc2ccccc2s1. The van der Waals surface area contributed by atoms with Gasteiger partial charge in [-0.25, -0.2) is 4.98 Å². The number of fused-ring (bicyclic) bond motifs is 1. The number of benzene rings is 1. The monoisotopic (exact) mass is 264 g/mol. The van der Waals surface area contributed by atoms with Gasteiger partial charge in [-0.1, -0.05) is 26.0 Å². The van der Waals surface area contributed by atoms with E-state index in [1.165, 1.54) is 4.70 Å². The summed E-state index contributed by atoms with van der Waals surface area (Å²) in [5.74, 6) is 0.409. The van der Waals surface area contributed by atoms with Crippen LogP contribution < -0.4 is 5.32 Å². The van der Waals surface area contributed by atoms with Crippen LogP contribution in [-0.4, -0.2) is 22.7 Å². The predicted octanol–water partition coefficient (Wildman–Crippen LogP) is 2.96. The third-order valence-corrected chi connectivity index (χ3v) is 4.37. The van der Waals surface area contributed by atoms with Crippen LogP contribution in [0.4, 0.5) is 0 Å². The van der Waals surface area contributed by atoms with Crippen LogP contribution >= 0.6 is 11.3 Å². The van der Waals surface area contributed by atoms with E-state index in [0.717, 1.165) is 10.5 Å². The minimum absolute atomic E-state index is 0.118. The van der Waals surface area contributed by atoms with E-state index in [1.807, 2.05) is 18.2 Å². The van der Waals surface area contributed by atoms with Gasteiger partial charge >= 0.3 is 0 Å². The van der Waals surface area contributed by atoms with E-state index in [9.17, 15) is 5.11 Å². The number of hydrogen-bond acceptors (Lipinski definition) is 4. The highest BCUT2D eigenvalue weighted by molar-refractivity contribution is 7.18. The lowest BCUT2D eigenvalue weighted by Crippen LogP contribution is -2.38. The molecular weight excluding hydrogens is 244 g/mol. The maximum Gasteiger partial charge on any atom is 0.111 e. The Morgan fingerprint density at radius 1 is 1.28 bits per heavy atom. The number of hydrogen-bond donors (Lipinski definition) is 2. The molecule has 0 aliphatic carbocycles. The summed E-state index contributed by atoms with van der Waals surface area (Å²) < 4.78 is 1.21. The molecule has 0 amide bonds. The molecule has 2 N–H and O–H groups in total. The van der Waals surface area contributed by atoms with Crippen molar-refractivity contribution in [3.63, 3.8) is 0 Å². The second-order valence-corrected chi connectivity index (χ2v) is 6.00. The van der Waals surface area contributed by atoms with Crippen LogP contribution in [0, 0.1) is 5.92 Å². The predicted molar refractivity (Wildman–Crippen MR) is 76.9 cm³/mol. The Balaban J connectivity index is 2.15. The van der Waals surface area contributed by atoms with Gasteiger partial charge in [0.1, 0.15) is 5.01 Å². The van der Waals surface area contributed by atoms with Gasteiger partial charge in [-0.15, -0.1) is 11.3 Å². The molecule has 1 aromatic heterocycles. The van der Waals surface area contributed by atoms with Crippen molar-refractivity contribution in [2.24, 2.45) is 5.92 Å². The summed E-state index contributed by atoms with van der Waals surface area (Å²) in [5, 5.41) is 13.9. The van der Waals surface area contributed by atoms with Crippen LogP contribution in [0.1, 0.15) is 31.8 Å². The largest absolute Gasteiger partial charge is 0.395 e. The number of aliphatic hydroxyl groups is 1. The minimum atomic E-state index is 0.118. The van der Waals surface area contributed by atoms with Crippen molar-refractivity contribution in [3.05, 3.63) is 29.3 Å². The number of aliphatic hydroxyl groups excluding tert-OH is 1. The molecule has 2 rings (SSSR count). The van der Waals surface area contributed by atoms with Gasteiger partial charge in [0.05, 0.1) is 22.9 Å². The van der Waals surface area contributed by atoms with E-state index in [2.05, 4.69) is 37.1 Å². The van der Waals surface area contributed by atoms with Gasteiger partial charge in [-0.3, -0.25) is 0 Å². The van der Waals surface area contributed by atoms with Gasteiger partial charge in [0.15, 0.2) is 0 Å². The fourth-order valence-electron chi connectivity index (χ4n) is 1.92. The first-order valence-electron chi connectivity index (χ1n) is 6.34. The smallest absolute Gasteiger partial charge is 0.111 e. The normalized spacial score (nSPS) is 15.2. The average molecular weight is 264 g/mol. The van der Waals surface area contributed by atoms with E-state index in [-0.39, 0.29) is 18.7 Å². The highest BCUT2D eigenvalue weighted by Crippen LogP contribution is 2.26. The lowest BCUT2D eigenvalue weighted by molar-refractivity contribution is 0.201. The molecule has 2 aromatic rings. The molecule has 2 atom stereocenters. The maximum atomic E-state index is 9.35. The van der Waals surface area contributed by atoms with Gasteiger partial charge in [-0.2, -0.15) is 0 Å². The van der Waals surface area contributed by atoms with E-state index in [4.69, 9.17) is 0 Å². The summed E-state index contributed by atoms with van der Waals surface area (Å²) in [7, 11) is 0. The van der Waals surface area contributed by atoms with Crippen LogP contribution in [-0.2, 0) is 0 Å². The zero-order chi connectivity index (χ0) is 13.1. The van der Waals surface area contributed by atoms with Gasteiger partial charge in [0.2, 0.25) is 0 Å². The quantitative estimate of drug-likeness (QED) is 0.872. The molecule has 0 spiro atoms. The van der Waals surface area contributed by atoms with Crippen LogP contribution in [0.25, 0.3) is 10.2 Å². The van der Waals surface area contributed by atoms with Gasteiger partial charge in [0.25, 0.3) is 0 Å². The topological polar surface area (TPSA) is 45.1 Å². The Bertz CT molecular complexity index is 476. The van der Waals surface area contributed by atoms with Crippen LogP contribution in [0.2, 0.25) is 0 Å². The first kappa shape index (κ1) is 13.5. The molecule has 0 aliphatic heterocycles. The molecule has 0 saturated heterocycles. The Kier molecular flexibility index (Phi) is 4.32. The summed E-state index contributed by atoms with van der Waals surface area (Å²) in [4.78, 5) is 4.63. The van der Waals surface area contributed by atoms with Crippen molar-refractivity contribution >= 4 is 21.6 Å². The second-order valence-electron chi connectivity index (χ2n) is 4.94. The molecule has 3 nitrogen and oxygen atoms in total. The Morgan fingerprint density at radius 3 is 2.61 bits per heavy atom. The van der Waals surface area contributed by atoms with E-state index in [1.54, 1.807) is 11.3 Å². The highest BCUT2D eigenvalue weighted by Gasteiger charge is 2.18. The number of rotatable bonds is 5. The Hall–Kier alpha value is -0.970. The van der Waals surface area contributed by atoms with Crippen LogP contribution in [0.5, 0.6) is 0 Å². The maximum absolute atomic E-state index is 9.35. The van der Waals surface area contributed by atoms with Gasteiger partial charge < -0.3 is 10.4 Å². The van der Waals surface area contributed by atoms with Crippen LogP contribution in [0.15, 0.2) is 24.3 Å². The fourth-order valence-corrected chi connectivity index (χ4v) is 2.90. The lowest BCUT2D eigenvalue weighted by atomic mass is 10.0. The first-order valence-corrected chi connectivity index (χ1v) is 7.16. The molecule has 1 heterocycles. The standard InChI is InChI=1S/C14H20N2OS/c1-9(2)12(8-17)15-10(3)14-16-11-6-4-5-7-13(11)18-14/h4-7,9-10,12,15,17H,8H2,1-3H3/t10?,12-/m1/s1. The molecule has 98 valence electrons. The van der Waals surface area contributed by atoms with Gasteiger partial charge in [-0.05, 0) is 25.0 Å². The number of nitrogens with zero attached hydrogens (tertiary/aromatic N) is 1. The molecular formula is C14H20N2OS. The Labute approximate surface area is 112 Å². The molecule has 4 heteroatoms. The van der Waals surface area contributed by atoms with Crippen LogP contribution in [0.3, 0.4) is 0 Å². The summed E-state index contributed by atoms with van der Waals surface area (Å²) in [6.07, 6.45) is 0. The average Bonchev–Trinajstić information content (AvgIpc) is 2.79. The summed E-state index contributed by atoms with van der Waals surface area (Å²) in [6, 6.07) is 8.46. The van der Waals surface area contributed by atoms with Crippen molar-refractivity contribution in [1.29, 1.82) is 0 Å². The van der Waals surface area contributed by atoms with Crippen molar-refractivity contribution in [1.82, 2.24) is 10.3 Å². The molecule has 0 radical (unpaired) electrons. The summed E-state index contributed by atoms with van der Waals surface area (Å²) in [5.41, 5.74) is 1.05. The van der Waals surface area contributed by atoms with Crippen molar-refractivity contribution < 1.29 is 5.11 Å². The highest BCUT2D eigenvalue weighted by atomic mass is 32.1. The first-order chi connectivity index (χ1) is 8.61. The van der Waals surface area contributed by atoms with E-state index in [0.29, 0.717) is 5.92 Å². The second kappa shape index (κ2) is 5.78. The van der Waals surface area contributed by atoms with E-state index >= 15 is 0 Å². The van der Waals surface area contributed by atoms with Crippen molar-refractivity contribution in [2.75, 3.05) is 6.61 Å². The number of para-hydroxylation sites is 1. The molecule has 0 bridgehead atoms. The third kappa shape index (κ3) is 2.88. The third-order valence-electron chi connectivity index (χ3n) is 3.15. The molecule has 0 saturated carbocycles. The van der Waals surface area contributed by atoms with E-state index < -0.39 is 0 Å². The summed E-state index contributed by atoms with van der Waals surface area (Å²) in [6.45, 7) is 6.48. The zero-order valence-electron chi connectivity index (χ0n) is 11.1. The number of nitrogens with one attached hydrogen (secondary N) is 1. The van der Waals surface area contributed by atoms with Crippen molar-refractivity contribution in [2.45, 2.75) is 32.9 Å². The Morgan fingerprint density at radius 2 is 2.00 bits per heavy atom. The van der Waals surface area contributed by atoms with Crippen molar-refractivity contribution in [3.8, 4) is 0 Å². The molecule has 18 heavy (non-hydrogen) atoms. The van der Waals surface area contributed by atoms with Gasteiger partial charge in [0, 0.05) is 6.04 Å². The summed E-state index contributed by atoms with van der Waals surface area (Å²) >= 11 is 1.71. The number of thiazole rings is 1. The lowest BCUT2D eigenvalue weighted by Gasteiger charge is -2.23. The minimum Gasteiger partial charge on any atom is -0.395 e. The zero-order valence-corrected chi connectivity index (χ0v) is 11.9. The molecule has 0 fully saturated rings. The molecule has 1 unspecified atom stereocenters. The molecule has 0 aliphatic rings. The molecule has 1 aromatic carbocycles. The number of aromatic nitrogens is 1.